The van der Waals surface area contributed by atoms with Crippen molar-refractivity contribution in [3.05, 3.63) is 29.8 Å². The number of carboxylic acid groups (broad SMARTS) is 1. The van der Waals surface area contributed by atoms with Crippen molar-refractivity contribution in [3.8, 4) is 0 Å². The highest BCUT2D eigenvalue weighted by molar-refractivity contribution is 6.00. The van der Waals surface area contributed by atoms with Crippen molar-refractivity contribution < 1.29 is 19.5 Å². The molecule has 1 aromatic carbocycles. The van der Waals surface area contributed by atoms with Gasteiger partial charge < -0.3 is 14.9 Å². The minimum atomic E-state index is -0.708. The minimum Gasteiger partial charge on any atom is -0.481 e. The highest BCUT2D eigenvalue weighted by Gasteiger charge is 2.59. The third-order valence-electron chi connectivity index (χ3n) is 6.69. The van der Waals surface area contributed by atoms with Crippen LogP contribution in [-0.2, 0) is 20.8 Å². The molecule has 0 radical (unpaired) electrons. The van der Waals surface area contributed by atoms with Crippen LogP contribution in [0.5, 0.6) is 0 Å². The number of aryl methyl sites for hydroxylation is 1. The monoisotopic (exact) mass is 370 g/mol. The molecule has 1 aliphatic carbocycles. The van der Waals surface area contributed by atoms with Crippen LogP contribution in [0.4, 0.5) is 5.69 Å². The molecule has 6 heteroatoms. The van der Waals surface area contributed by atoms with Gasteiger partial charge in [-0.05, 0) is 48.8 Å². The van der Waals surface area contributed by atoms with E-state index in [4.69, 9.17) is 0 Å². The van der Waals surface area contributed by atoms with Crippen LogP contribution in [-0.4, -0.2) is 47.4 Å². The average Bonchev–Trinajstić information content (AvgIpc) is 3.24. The third kappa shape index (κ3) is 3.22. The highest BCUT2D eigenvalue weighted by Crippen LogP contribution is 2.59. The summed E-state index contributed by atoms with van der Waals surface area (Å²) in [5, 5.41) is 9.19. The fraction of sp³-hybridized carbons (Fsp3) is 0.571. The van der Waals surface area contributed by atoms with Gasteiger partial charge >= 0.3 is 5.97 Å². The largest absolute Gasteiger partial charge is 0.481 e. The SMILES string of the molecule is CCc1ccc(N2CC(C(=O)N3CCC4(CC3)CC4C(=O)O)CC2=O)cc1. The number of likely N-dealkylation sites (tertiary alicyclic amines) is 1. The van der Waals surface area contributed by atoms with E-state index in [1.54, 1.807) is 4.90 Å². The number of rotatable bonds is 4. The van der Waals surface area contributed by atoms with Crippen LogP contribution < -0.4 is 4.90 Å². The molecule has 1 N–H and O–H groups in total. The summed E-state index contributed by atoms with van der Waals surface area (Å²) in [6, 6.07) is 7.95. The number of piperidine rings is 1. The Morgan fingerprint density at radius 1 is 1.19 bits per heavy atom. The number of aliphatic carboxylic acids is 1. The van der Waals surface area contributed by atoms with Gasteiger partial charge in [-0.3, -0.25) is 14.4 Å². The van der Waals surface area contributed by atoms with E-state index in [9.17, 15) is 19.5 Å². The molecular weight excluding hydrogens is 344 g/mol. The molecule has 4 rings (SSSR count). The summed E-state index contributed by atoms with van der Waals surface area (Å²) in [7, 11) is 0. The van der Waals surface area contributed by atoms with E-state index in [1.165, 1.54) is 5.56 Å². The van der Waals surface area contributed by atoms with Gasteiger partial charge in [0.1, 0.15) is 0 Å². The number of hydrogen-bond donors (Lipinski definition) is 1. The number of nitrogens with zero attached hydrogens (tertiary/aromatic N) is 2. The summed E-state index contributed by atoms with van der Waals surface area (Å²) in [4.78, 5) is 40.1. The zero-order valence-corrected chi connectivity index (χ0v) is 15.7. The van der Waals surface area contributed by atoms with Gasteiger partial charge in [-0.2, -0.15) is 0 Å². The van der Waals surface area contributed by atoms with E-state index in [0.29, 0.717) is 19.6 Å². The van der Waals surface area contributed by atoms with E-state index >= 15 is 0 Å². The van der Waals surface area contributed by atoms with Gasteiger partial charge in [-0.1, -0.05) is 19.1 Å². The topological polar surface area (TPSA) is 77.9 Å². The van der Waals surface area contributed by atoms with Gasteiger partial charge in [0, 0.05) is 31.7 Å². The van der Waals surface area contributed by atoms with Crippen molar-refractivity contribution in [2.24, 2.45) is 17.3 Å². The fourth-order valence-corrected chi connectivity index (χ4v) is 4.71. The second-order valence-corrected chi connectivity index (χ2v) is 8.21. The van der Waals surface area contributed by atoms with Crippen molar-refractivity contribution in [2.75, 3.05) is 24.5 Å². The van der Waals surface area contributed by atoms with Crippen LogP contribution >= 0.6 is 0 Å². The lowest BCUT2D eigenvalue weighted by atomic mass is 9.90. The predicted octanol–water partition coefficient (Wildman–Crippen LogP) is 2.32. The van der Waals surface area contributed by atoms with Gasteiger partial charge in [-0.15, -0.1) is 0 Å². The third-order valence-corrected chi connectivity index (χ3v) is 6.69. The Labute approximate surface area is 159 Å². The number of carbonyl (C=O) groups excluding carboxylic acids is 2. The Bertz CT molecular complexity index is 765. The lowest BCUT2D eigenvalue weighted by Crippen LogP contribution is -2.43. The Morgan fingerprint density at radius 3 is 2.41 bits per heavy atom. The summed E-state index contributed by atoms with van der Waals surface area (Å²) in [5.41, 5.74) is 1.99. The molecule has 1 aromatic rings. The maximum atomic E-state index is 12.9. The number of hydrogen-bond acceptors (Lipinski definition) is 3. The van der Waals surface area contributed by atoms with Gasteiger partial charge in [0.05, 0.1) is 11.8 Å². The molecule has 2 heterocycles. The second-order valence-electron chi connectivity index (χ2n) is 8.21. The molecule has 2 aliphatic heterocycles. The summed E-state index contributed by atoms with van der Waals surface area (Å²) in [6.07, 6.45) is 3.48. The van der Waals surface area contributed by atoms with Crippen LogP contribution in [0.15, 0.2) is 24.3 Å². The molecule has 3 fully saturated rings. The molecule has 1 spiro atoms. The van der Waals surface area contributed by atoms with E-state index in [2.05, 4.69) is 6.92 Å². The van der Waals surface area contributed by atoms with E-state index in [-0.39, 0.29) is 35.5 Å². The maximum absolute atomic E-state index is 12.9. The van der Waals surface area contributed by atoms with Crippen molar-refractivity contribution >= 4 is 23.5 Å². The summed E-state index contributed by atoms with van der Waals surface area (Å²) < 4.78 is 0. The number of amides is 2. The quantitative estimate of drug-likeness (QED) is 0.882. The summed E-state index contributed by atoms with van der Waals surface area (Å²) in [5.74, 6) is -1.20. The zero-order valence-electron chi connectivity index (χ0n) is 15.7. The first-order valence-electron chi connectivity index (χ1n) is 9.84. The van der Waals surface area contributed by atoms with Gasteiger partial charge in [0.25, 0.3) is 0 Å². The molecule has 27 heavy (non-hydrogen) atoms. The Kier molecular flexibility index (Phi) is 4.44. The van der Waals surface area contributed by atoms with Gasteiger partial charge in [0.15, 0.2) is 0 Å². The normalized spacial score (nSPS) is 26.5. The minimum absolute atomic E-state index is 0.000729. The fourth-order valence-electron chi connectivity index (χ4n) is 4.71. The molecule has 2 saturated heterocycles. The number of anilines is 1. The number of benzene rings is 1. The lowest BCUT2D eigenvalue weighted by molar-refractivity contribution is -0.140. The molecule has 0 aromatic heterocycles. The van der Waals surface area contributed by atoms with Crippen LogP contribution in [0.2, 0.25) is 0 Å². The molecule has 2 atom stereocenters. The van der Waals surface area contributed by atoms with E-state index in [0.717, 1.165) is 31.4 Å². The summed E-state index contributed by atoms with van der Waals surface area (Å²) in [6.45, 7) is 3.74. The molecule has 2 amide bonds. The lowest BCUT2D eigenvalue weighted by Gasteiger charge is -2.34. The molecule has 2 unspecified atom stereocenters. The molecule has 1 saturated carbocycles. The van der Waals surface area contributed by atoms with Gasteiger partial charge in [-0.25, -0.2) is 0 Å². The molecular formula is C21H26N2O4. The maximum Gasteiger partial charge on any atom is 0.307 e. The Balaban J connectivity index is 1.36. The molecule has 0 bridgehead atoms. The van der Waals surface area contributed by atoms with Gasteiger partial charge in [0.2, 0.25) is 11.8 Å². The van der Waals surface area contributed by atoms with Crippen molar-refractivity contribution in [1.82, 2.24) is 4.90 Å². The average molecular weight is 370 g/mol. The number of carbonyl (C=O) groups is 3. The standard InChI is InChI=1S/C21H26N2O4/c1-2-14-3-5-16(6-4-14)23-13-15(11-18(23)24)19(25)22-9-7-21(8-10-22)12-17(21)20(26)27/h3-6,15,17H,2,7-13H2,1H3,(H,26,27). The van der Waals surface area contributed by atoms with E-state index < -0.39 is 5.97 Å². The second kappa shape index (κ2) is 6.66. The molecule has 6 nitrogen and oxygen atoms in total. The first-order chi connectivity index (χ1) is 12.9. The smallest absolute Gasteiger partial charge is 0.307 e. The van der Waals surface area contributed by atoms with Crippen LogP contribution in [0.3, 0.4) is 0 Å². The predicted molar refractivity (Wildman–Crippen MR) is 100 cm³/mol. The molecule has 3 aliphatic rings. The Hall–Kier alpha value is -2.37. The highest BCUT2D eigenvalue weighted by atomic mass is 16.4. The van der Waals surface area contributed by atoms with Crippen LogP contribution in [0.1, 0.15) is 38.2 Å². The molecule has 144 valence electrons. The van der Waals surface area contributed by atoms with E-state index in [1.807, 2.05) is 29.2 Å². The first kappa shape index (κ1) is 18.0. The van der Waals surface area contributed by atoms with Crippen molar-refractivity contribution in [3.63, 3.8) is 0 Å². The number of carboxylic acids is 1. The van der Waals surface area contributed by atoms with Crippen molar-refractivity contribution in [2.45, 2.75) is 39.0 Å². The summed E-state index contributed by atoms with van der Waals surface area (Å²) >= 11 is 0. The van der Waals surface area contributed by atoms with Crippen molar-refractivity contribution in [1.29, 1.82) is 0 Å². The Morgan fingerprint density at radius 2 is 1.85 bits per heavy atom. The van der Waals surface area contributed by atoms with Crippen LogP contribution in [0, 0.1) is 17.3 Å². The zero-order chi connectivity index (χ0) is 19.2. The first-order valence-corrected chi connectivity index (χ1v) is 9.84. The van der Waals surface area contributed by atoms with Crippen LogP contribution in [0.25, 0.3) is 0 Å².